The first-order valence-electron chi connectivity index (χ1n) is 9.52. The number of nitrogens with zero attached hydrogens (tertiary/aromatic N) is 4. The summed E-state index contributed by atoms with van der Waals surface area (Å²) < 4.78 is 39.1. The van der Waals surface area contributed by atoms with Crippen molar-refractivity contribution in [2.24, 2.45) is 0 Å². The number of carboxylic acids is 1. The van der Waals surface area contributed by atoms with E-state index in [9.17, 15) is 18.0 Å². The number of carbonyl (C=O) groups excluding carboxylic acids is 1. The molecule has 0 unspecified atom stereocenters. The molecule has 3 N–H and O–H groups in total. The third kappa shape index (κ3) is 7.02. The normalized spacial score (nSPS) is 17.8. The number of carboxylic acid groups (broad SMARTS) is 1. The van der Waals surface area contributed by atoms with Crippen LogP contribution in [0.3, 0.4) is 0 Å². The number of nitrogens with one attached hydrogen (secondary N) is 2. The summed E-state index contributed by atoms with van der Waals surface area (Å²) >= 11 is 5.98. The summed E-state index contributed by atoms with van der Waals surface area (Å²) in [6.07, 6.45) is 0.709. The maximum absolute atomic E-state index is 12.4. The second kappa shape index (κ2) is 10.4. The van der Waals surface area contributed by atoms with E-state index in [1.165, 1.54) is 6.20 Å². The van der Waals surface area contributed by atoms with Gasteiger partial charge in [0.1, 0.15) is 0 Å². The van der Waals surface area contributed by atoms with Gasteiger partial charge in [0, 0.05) is 35.4 Å². The highest BCUT2D eigenvalue weighted by Crippen LogP contribution is 2.23. The number of aliphatic carboxylic acids is 1. The van der Waals surface area contributed by atoms with Gasteiger partial charge in [-0.3, -0.25) is 9.48 Å². The van der Waals surface area contributed by atoms with Crippen LogP contribution in [0.1, 0.15) is 17.1 Å². The van der Waals surface area contributed by atoms with Gasteiger partial charge in [-0.1, -0.05) is 28.9 Å². The summed E-state index contributed by atoms with van der Waals surface area (Å²) in [7, 11) is 0. The number of aromatic nitrogens is 4. The number of halogens is 4. The van der Waals surface area contributed by atoms with E-state index in [0.717, 1.165) is 12.0 Å². The number of benzene rings is 1. The molecule has 1 amide bonds. The molecule has 14 heteroatoms. The van der Waals surface area contributed by atoms with Gasteiger partial charge in [-0.25, -0.2) is 9.78 Å². The third-order valence-corrected chi connectivity index (χ3v) is 4.72. The summed E-state index contributed by atoms with van der Waals surface area (Å²) in [5.74, 6) is -2.54. The van der Waals surface area contributed by atoms with Crippen molar-refractivity contribution < 1.29 is 32.3 Å². The van der Waals surface area contributed by atoms with Gasteiger partial charge in [0.15, 0.2) is 5.76 Å². The number of hydrogen-bond acceptors (Lipinski definition) is 7. The molecule has 0 aliphatic carbocycles. The monoisotopic (exact) mass is 486 g/mol. The van der Waals surface area contributed by atoms with Crippen molar-refractivity contribution in [1.82, 2.24) is 30.6 Å². The highest BCUT2D eigenvalue weighted by atomic mass is 35.5. The SMILES string of the molecule is O=C(N[C@H]1CN[C@H](Cn2ccnn2)C1)c1ncc(-c2cccc(Cl)c2)o1.O=C(O)C(F)(F)F. The fourth-order valence-corrected chi connectivity index (χ4v) is 3.22. The molecule has 1 aliphatic heterocycles. The van der Waals surface area contributed by atoms with Gasteiger partial charge in [-0.2, -0.15) is 13.2 Å². The minimum atomic E-state index is -5.08. The van der Waals surface area contributed by atoms with E-state index in [4.69, 9.17) is 25.9 Å². The molecule has 0 saturated carbocycles. The minimum absolute atomic E-state index is 0.0116. The highest BCUT2D eigenvalue weighted by Gasteiger charge is 2.38. The Kier molecular flexibility index (Phi) is 7.66. The molecule has 1 aliphatic rings. The third-order valence-electron chi connectivity index (χ3n) is 4.49. The molecular weight excluding hydrogens is 469 g/mol. The Labute approximate surface area is 189 Å². The van der Waals surface area contributed by atoms with Gasteiger partial charge < -0.3 is 20.2 Å². The van der Waals surface area contributed by atoms with Gasteiger partial charge in [-0.05, 0) is 18.6 Å². The van der Waals surface area contributed by atoms with Crippen LogP contribution in [-0.2, 0) is 11.3 Å². The number of rotatable bonds is 5. The van der Waals surface area contributed by atoms with E-state index in [2.05, 4.69) is 25.9 Å². The van der Waals surface area contributed by atoms with Gasteiger partial charge in [0.05, 0.1) is 18.9 Å². The number of oxazole rings is 1. The van der Waals surface area contributed by atoms with E-state index >= 15 is 0 Å². The molecule has 3 aromatic rings. The molecule has 4 rings (SSSR count). The standard InChI is InChI=1S/C17H17ClN6O2.C2HF3O2/c18-12-3-1-2-11(6-12)15-9-20-17(26-15)16(25)22-13-7-14(19-8-13)10-24-5-4-21-23-24;3-2(4,5)1(6)7/h1-6,9,13-14,19H,7-8,10H2,(H,22,25);(H,6,7)/t13-,14+;/m1./s1. The lowest BCUT2D eigenvalue weighted by atomic mass is 10.1. The predicted molar refractivity (Wildman–Crippen MR) is 108 cm³/mol. The second-order valence-corrected chi connectivity index (χ2v) is 7.42. The van der Waals surface area contributed by atoms with Crippen molar-refractivity contribution in [3.63, 3.8) is 0 Å². The van der Waals surface area contributed by atoms with Gasteiger partial charge in [-0.15, -0.1) is 5.10 Å². The summed E-state index contributed by atoms with van der Waals surface area (Å²) in [4.78, 5) is 25.4. The number of carbonyl (C=O) groups is 2. The first-order chi connectivity index (χ1) is 15.6. The van der Waals surface area contributed by atoms with Crippen molar-refractivity contribution in [3.05, 3.63) is 53.8 Å². The molecular formula is C19H18ClF3N6O4. The minimum Gasteiger partial charge on any atom is -0.475 e. The van der Waals surface area contributed by atoms with Crippen molar-refractivity contribution >= 4 is 23.5 Å². The average molecular weight is 487 g/mol. The molecule has 0 radical (unpaired) electrons. The zero-order valence-corrected chi connectivity index (χ0v) is 17.5. The van der Waals surface area contributed by atoms with Gasteiger partial charge in [0.2, 0.25) is 0 Å². The average Bonchev–Trinajstić information content (AvgIpc) is 3.50. The van der Waals surface area contributed by atoms with E-state index in [1.807, 2.05) is 18.3 Å². The van der Waals surface area contributed by atoms with E-state index in [-0.39, 0.29) is 23.9 Å². The van der Waals surface area contributed by atoms with E-state index < -0.39 is 12.1 Å². The Morgan fingerprint density at radius 1 is 1.36 bits per heavy atom. The molecule has 1 aromatic carbocycles. The molecule has 176 valence electrons. The Balaban J connectivity index is 0.000000383. The molecule has 0 bridgehead atoms. The largest absolute Gasteiger partial charge is 0.490 e. The van der Waals surface area contributed by atoms with Crippen LogP contribution in [0.15, 0.2) is 47.3 Å². The second-order valence-electron chi connectivity index (χ2n) is 6.98. The highest BCUT2D eigenvalue weighted by molar-refractivity contribution is 6.30. The van der Waals surface area contributed by atoms with Crippen molar-refractivity contribution in [2.75, 3.05) is 6.54 Å². The maximum Gasteiger partial charge on any atom is 0.490 e. The summed E-state index contributed by atoms with van der Waals surface area (Å²) in [6, 6.07) is 7.45. The topological polar surface area (TPSA) is 135 Å². The number of hydrogen-bond donors (Lipinski definition) is 3. The Morgan fingerprint density at radius 2 is 2.12 bits per heavy atom. The van der Waals surface area contributed by atoms with Crippen LogP contribution >= 0.6 is 11.6 Å². The van der Waals surface area contributed by atoms with Crippen molar-refractivity contribution in [3.8, 4) is 11.3 Å². The lowest BCUT2D eigenvalue weighted by molar-refractivity contribution is -0.192. The summed E-state index contributed by atoms with van der Waals surface area (Å²) in [5.41, 5.74) is 0.777. The number of alkyl halides is 3. The van der Waals surface area contributed by atoms with Crippen LogP contribution in [0.2, 0.25) is 5.02 Å². The number of amides is 1. The Bertz CT molecular complexity index is 1090. The first-order valence-corrected chi connectivity index (χ1v) is 9.90. The molecule has 10 nitrogen and oxygen atoms in total. The maximum atomic E-state index is 12.4. The molecule has 2 aromatic heterocycles. The smallest absolute Gasteiger partial charge is 0.475 e. The fourth-order valence-electron chi connectivity index (χ4n) is 3.03. The van der Waals surface area contributed by atoms with E-state index in [0.29, 0.717) is 23.9 Å². The van der Waals surface area contributed by atoms with Gasteiger partial charge in [0.25, 0.3) is 5.89 Å². The fraction of sp³-hybridized carbons (Fsp3) is 0.316. The van der Waals surface area contributed by atoms with Crippen LogP contribution in [-0.4, -0.2) is 61.8 Å². The van der Waals surface area contributed by atoms with E-state index in [1.54, 1.807) is 23.0 Å². The molecule has 3 heterocycles. The zero-order valence-electron chi connectivity index (χ0n) is 16.8. The molecule has 2 atom stereocenters. The first kappa shape index (κ1) is 24.2. The van der Waals surface area contributed by atoms with Crippen LogP contribution < -0.4 is 10.6 Å². The molecule has 33 heavy (non-hydrogen) atoms. The molecule has 1 saturated heterocycles. The van der Waals surface area contributed by atoms with Crippen LogP contribution in [0.4, 0.5) is 13.2 Å². The lowest BCUT2D eigenvalue weighted by Crippen LogP contribution is -2.36. The summed E-state index contributed by atoms with van der Waals surface area (Å²) in [5, 5.41) is 21.8. The molecule has 1 fully saturated rings. The van der Waals surface area contributed by atoms with Crippen molar-refractivity contribution in [2.45, 2.75) is 31.2 Å². The molecule has 0 spiro atoms. The van der Waals surface area contributed by atoms with Crippen molar-refractivity contribution in [1.29, 1.82) is 0 Å². The quantitative estimate of drug-likeness (QED) is 0.500. The van der Waals surface area contributed by atoms with Crippen LogP contribution in [0.5, 0.6) is 0 Å². The summed E-state index contributed by atoms with van der Waals surface area (Å²) in [6.45, 7) is 1.40. The van der Waals surface area contributed by atoms with Crippen LogP contribution in [0.25, 0.3) is 11.3 Å². The van der Waals surface area contributed by atoms with Gasteiger partial charge >= 0.3 is 18.1 Å². The Hall–Kier alpha value is -3.45. The predicted octanol–water partition coefficient (Wildman–Crippen LogP) is 2.38. The zero-order chi connectivity index (χ0) is 24.0. The van der Waals surface area contributed by atoms with Crippen LogP contribution in [0, 0.1) is 0 Å². The lowest BCUT2D eigenvalue weighted by Gasteiger charge is -2.11. The Morgan fingerprint density at radius 3 is 2.76 bits per heavy atom.